The number of hydrogen-bond donors (Lipinski definition) is 6. The number of aliphatic hydroxyl groups is 1. The lowest BCUT2D eigenvalue weighted by Gasteiger charge is -2.06. The number of unbranched alkanes of at least 4 members (excludes halogenated alkanes) is 2. The SMILES string of the molecule is CC1OCC(CCCCN)O1.CCOc1ccc(CCCCNC(N)=NC)cc1.CO.Cc1nc(C=O)c(N)nc1N. The van der Waals surface area contributed by atoms with E-state index in [1.807, 2.05) is 26.0 Å². The van der Waals surface area contributed by atoms with Gasteiger partial charge in [-0.1, -0.05) is 12.1 Å². The number of hydrogen-bond acceptors (Lipinski definition) is 11. The maximum atomic E-state index is 10.3. The van der Waals surface area contributed by atoms with E-state index >= 15 is 0 Å². The first-order chi connectivity index (χ1) is 20.2. The molecule has 0 bridgehead atoms. The van der Waals surface area contributed by atoms with Crippen LogP contribution in [0.25, 0.3) is 0 Å². The number of benzene rings is 1. The van der Waals surface area contributed by atoms with Crippen LogP contribution in [0.1, 0.15) is 67.7 Å². The van der Waals surface area contributed by atoms with Gasteiger partial charge in [0.25, 0.3) is 0 Å². The summed E-state index contributed by atoms with van der Waals surface area (Å²) in [4.78, 5) is 21.6. The summed E-state index contributed by atoms with van der Waals surface area (Å²) in [5.41, 5.74) is 23.6. The van der Waals surface area contributed by atoms with Crippen LogP contribution < -0.4 is 33.0 Å². The Balaban J connectivity index is 0.000000609. The lowest BCUT2D eigenvalue weighted by molar-refractivity contribution is -0.0434. The highest BCUT2D eigenvalue weighted by Gasteiger charge is 2.21. The van der Waals surface area contributed by atoms with E-state index in [0.29, 0.717) is 30.7 Å². The fraction of sp³-hybridized carbons (Fsp3) is 0.586. The number of ether oxygens (including phenoxy) is 3. The summed E-state index contributed by atoms with van der Waals surface area (Å²) in [6, 6.07) is 8.30. The Labute approximate surface area is 250 Å². The molecule has 2 heterocycles. The largest absolute Gasteiger partial charge is 0.494 e. The standard InChI is InChI=1S/C14H23N3O.C8H17NO2.C6H8N4O.CH4O/c1-3-18-13-9-7-12(8-10-13)6-4-5-11-17-14(15)16-2;1-7-10-6-8(11-7)4-2-3-5-9;1-3-5(7)10-6(8)4(2-11)9-3;1-2/h7-10H,3-6,11H2,1-2H3,(H3,15,16,17);7-8H,2-6,9H2,1H3;2H,1H3,(H4,7,8,10);2H,1H3. The van der Waals surface area contributed by atoms with Crippen molar-refractivity contribution in [2.45, 2.75) is 71.7 Å². The number of carbonyl (C=O) groups excluding carboxylic acids is 1. The summed E-state index contributed by atoms with van der Waals surface area (Å²) in [6.07, 6.45) is 7.50. The van der Waals surface area contributed by atoms with E-state index in [1.54, 1.807) is 14.0 Å². The zero-order chi connectivity index (χ0) is 31.8. The number of nitrogen functional groups attached to an aromatic ring is 2. The number of guanidine groups is 1. The maximum Gasteiger partial charge on any atom is 0.188 e. The molecule has 2 aromatic rings. The van der Waals surface area contributed by atoms with Crippen molar-refractivity contribution in [3.63, 3.8) is 0 Å². The summed E-state index contributed by atoms with van der Waals surface area (Å²) >= 11 is 0. The molecule has 2 unspecified atom stereocenters. The van der Waals surface area contributed by atoms with Crippen LogP contribution in [-0.2, 0) is 15.9 Å². The van der Waals surface area contributed by atoms with Gasteiger partial charge in [0.15, 0.2) is 24.4 Å². The van der Waals surface area contributed by atoms with Crippen molar-refractivity contribution >= 4 is 23.9 Å². The lowest BCUT2D eigenvalue weighted by atomic mass is 10.1. The first kappa shape index (κ1) is 38.5. The fourth-order valence-corrected chi connectivity index (χ4v) is 3.58. The third-order valence-corrected chi connectivity index (χ3v) is 5.83. The zero-order valence-corrected chi connectivity index (χ0v) is 25.8. The van der Waals surface area contributed by atoms with Crippen molar-refractivity contribution in [3.05, 3.63) is 41.2 Å². The van der Waals surface area contributed by atoms with E-state index in [9.17, 15) is 4.79 Å². The highest BCUT2D eigenvalue weighted by molar-refractivity contribution is 5.79. The number of rotatable bonds is 12. The zero-order valence-electron chi connectivity index (χ0n) is 25.8. The van der Waals surface area contributed by atoms with E-state index in [2.05, 4.69) is 32.4 Å². The van der Waals surface area contributed by atoms with Gasteiger partial charge in [0.2, 0.25) is 0 Å². The van der Waals surface area contributed by atoms with Gasteiger partial charge in [-0.15, -0.1) is 0 Å². The molecule has 13 nitrogen and oxygen atoms in total. The average Bonchev–Trinajstić information content (AvgIpc) is 3.42. The fourth-order valence-electron chi connectivity index (χ4n) is 3.58. The number of aliphatic hydroxyl groups excluding tert-OH is 1. The Kier molecular flexibility index (Phi) is 22.1. The number of aliphatic imine (C=N–C) groups is 1. The van der Waals surface area contributed by atoms with Gasteiger partial charge in [-0.05, 0) is 83.5 Å². The van der Waals surface area contributed by atoms with Gasteiger partial charge in [-0.25, -0.2) is 9.97 Å². The minimum absolute atomic E-state index is 0.00197. The second kappa shape index (κ2) is 24.1. The molecule has 42 heavy (non-hydrogen) atoms. The maximum absolute atomic E-state index is 10.3. The van der Waals surface area contributed by atoms with Crippen molar-refractivity contribution in [1.29, 1.82) is 0 Å². The molecule has 0 saturated carbocycles. The van der Waals surface area contributed by atoms with E-state index in [4.69, 9.17) is 42.3 Å². The van der Waals surface area contributed by atoms with Crippen LogP contribution in [0, 0.1) is 6.92 Å². The van der Waals surface area contributed by atoms with E-state index < -0.39 is 0 Å². The Morgan fingerprint density at radius 1 is 1.14 bits per heavy atom. The van der Waals surface area contributed by atoms with Crippen molar-refractivity contribution < 1.29 is 24.1 Å². The molecule has 238 valence electrons. The first-order valence-corrected chi connectivity index (χ1v) is 14.2. The van der Waals surface area contributed by atoms with Gasteiger partial charge in [0.1, 0.15) is 17.3 Å². The molecule has 0 radical (unpaired) electrons. The molecule has 1 aliphatic heterocycles. The van der Waals surface area contributed by atoms with Gasteiger partial charge >= 0.3 is 0 Å². The molecule has 1 aromatic carbocycles. The number of carbonyl (C=O) groups is 1. The van der Waals surface area contributed by atoms with Gasteiger partial charge in [-0.2, -0.15) is 0 Å². The molecule has 1 fully saturated rings. The van der Waals surface area contributed by atoms with Gasteiger partial charge in [-0.3, -0.25) is 9.79 Å². The number of nitrogens with zero attached hydrogens (tertiary/aromatic N) is 3. The molecule has 13 heteroatoms. The first-order valence-electron chi connectivity index (χ1n) is 14.2. The third-order valence-electron chi connectivity index (χ3n) is 5.83. The highest BCUT2D eigenvalue weighted by Crippen LogP contribution is 2.16. The summed E-state index contributed by atoms with van der Waals surface area (Å²) in [7, 11) is 2.68. The number of aromatic nitrogens is 2. The van der Waals surface area contributed by atoms with Gasteiger partial charge in [0, 0.05) is 20.7 Å². The Morgan fingerprint density at radius 2 is 1.83 bits per heavy atom. The quantitative estimate of drug-likeness (QED) is 0.0904. The lowest BCUT2D eigenvalue weighted by Crippen LogP contribution is -2.32. The normalized spacial score (nSPS) is 15.6. The van der Waals surface area contributed by atoms with Crippen LogP contribution >= 0.6 is 0 Å². The molecule has 3 rings (SSSR count). The van der Waals surface area contributed by atoms with Gasteiger partial charge < -0.3 is 47.6 Å². The molecule has 10 N–H and O–H groups in total. The minimum atomic E-state index is -0.00197. The van der Waals surface area contributed by atoms with Crippen LogP contribution in [0.15, 0.2) is 29.3 Å². The van der Waals surface area contributed by atoms with E-state index in [0.717, 1.165) is 71.1 Å². The Morgan fingerprint density at radius 3 is 2.38 bits per heavy atom. The summed E-state index contributed by atoms with van der Waals surface area (Å²) in [6.45, 7) is 8.71. The van der Waals surface area contributed by atoms with Crippen LogP contribution in [0.5, 0.6) is 5.75 Å². The second-order valence-corrected chi connectivity index (χ2v) is 9.10. The predicted molar refractivity (Wildman–Crippen MR) is 168 cm³/mol. The Hall–Kier alpha value is -3.52. The molecule has 0 amide bonds. The van der Waals surface area contributed by atoms with Crippen molar-refractivity contribution in [2.75, 3.05) is 51.9 Å². The summed E-state index contributed by atoms with van der Waals surface area (Å²) in [5.74, 6) is 1.78. The van der Waals surface area contributed by atoms with Crippen molar-refractivity contribution in [1.82, 2.24) is 15.3 Å². The summed E-state index contributed by atoms with van der Waals surface area (Å²) < 4.78 is 16.1. The molecule has 2 atom stereocenters. The van der Waals surface area contributed by atoms with Crippen molar-refractivity contribution in [2.24, 2.45) is 16.5 Å². The third kappa shape index (κ3) is 17.3. The monoisotopic (exact) mass is 592 g/mol. The average molecular weight is 593 g/mol. The predicted octanol–water partition coefficient (Wildman–Crippen LogP) is 2.19. The highest BCUT2D eigenvalue weighted by atomic mass is 16.7. The topological polar surface area (TPSA) is 219 Å². The van der Waals surface area contributed by atoms with Crippen LogP contribution in [0.4, 0.5) is 11.6 Å². The number of anilines is 2. The number of nitrogens with one attached hydrogen (secondary N) is 1. The van der Waals surface area contributed by atoms with Crippen molar-refractivity contribution in [3.8, 4) is 5.75 Å². The number of aldehydes is 1. The minimum Gasteiger partial charge on any atom is -0.494 e. The van der Waals surface area contributed by atoms with Crippen LogP contribution in [0.2, 0.25) is 0 Å². The summed E-state index contributed by atoms with van der Waals surface area (Å²) in [5, 5.41) is 10.1. The molecule has 0 spiro atoms. The van der Waals surface area contributed by atoms with E-state index in [1.165, 1.54) is 5.56 Å². The molecule has 1 aliphatic rings. The molecule has 0 aliphatic carbocycles. The van der Waals surface area contributed by atoms with E-state index in [-0.39, 0.29) is 23.6 Å². The van der Waals surface area contributed by atoms with Crippen LogP contribution in [-0.4, -0.2) is 80.2 Å². The number of aryl methyl sites for hydroxylation is 2. The molecule has 1 aromatic heterocycles. The smallest absolute Gasteiger partial charge is 0.188 e. The molecular formula is C29H52N8O5. The molecular weight excluding hydrogens is 540 g/mol. The van der Waals surface area contributed by atoms with Crippen LogP contribution in [0.3, 0.4) is 0 Å². The second-order valence-electron chi connectivity index (χ2n) is 9.10. The number of nitrogens with two attached hydrogens (primary N) is 4. The Bertz CT molecular complexity index is 1010. The van der Waals surface area contributed by atoms with Gasteiger partial charge in [0.05, 0.1) is 25.0 Å². The molecule has 1 saturated heterocycles.